The van der Waals surface area contributed by atoms with Crippen LogP contribution < -0.4 is 0 Å². The Morgan fingerprint density at radius 1 is 1.07 bits per heavy atom. The van der Waals surface area contributed by atoms with Crippen molar-refractivity contribution in [3.05, 3.63) is 12.2 Å². The second-order valence-corrected chi connectivity index (χ2v) is 5.92. The van der Waals surface area contributed by atoms with E-state index < -0.39 is 0 Å². The SMILES string of the molecule is C=C1CCC(C)(C2(C)CCCC2=O)CC1. The molecule has 84 valence electrons. The third-order valence-corrected chi connectivity index (χ3v) is 5.09. The van der Waals surface area contributed by atoms with Gasteiger partial charge in [0.25, 0.3) is 0 Å². The molecule has 0 radical (unpaired) electrons. The first-order chi connectivity index (χ1) is 6.98. The van der Waals surface area contributed by atoms with Gasteiger partial charge in [-0.25, -0.2) is 0 Å². The molecule has 0 aliphatic heterocycles. The molecule has 1 nitrogen and oxygen atoms in total. The van der Waals surface area contributed by atoms with E-state index in [0.717, 1.165) is 44.9 Å². The smallest absolute Gasteiger partial charge is 0.139 e. The molecule has 1 unspecified atom stereocenters. The highest BCUT2D eigenvalue weighted by Gasteiger charge is 2.51. The number of rotatable bonds is 1. The summed E-state index contributed by atoms with van der Waals surface area (Å²) >= 11 is 0. The average Bonchev–Trinajstić information content (AvgIpc) is 2.54. The maximum absolute atomic E-state index is 12.1. The predicted molar refractivity (Wildman–Crippen MR) is 62.7 cm³/mol. The molecule has 0 spiro atoms. The van der Waals surface area contributed by atoms with Gasteiger partial charge in [0.05, 0.1) is 0 Å². The maximum atomic E-state index is 12.1. The van der Waals surface area contributed by atoms with Gasteiger partial charge in [-0.3, -0.25) is 4.79 Å². The van der Waals surface area contributed by atoms with Gasteiger partial charge in [0.15, 0.2) is 0 Å². The largest absolute Gasteiger partial charge is 0.299 e. The molecule has 15 heavy (non-hydrogen) atoms. The third kappa shape index (κ3) is 1.56. The van der Waals surface area contributed by atoms with E-state index in [1.165, 1.54) is 5.57 Å². The fourth-order valence-electron chi connectivity index (χ4n) is 3.36. The second kappa shape index (κ2) is 3.47. The molecule has 0 heterocycles. The third-order valence-electron chi connectivity index (χ3n) is 5.09. The zero-order valence-corrected chi connectivity index (χ0v) is 10.1. The summed E-state index contributed by atoms with van der Waals surface area (Å²) in [5, 5.41) is 0. The Morgan fingerprint density at radius 3 is 2.13 bits per heavy atom. The maximum Gasteiger partial charge on any atom is 0.139 e. The van der Waals surface area contributed by atoms with Crippen molar-refractivity contribution in [1.82, 2.24) is 0 Å². The summed E-state index contributed by atoms with van der Waals surface area (Å²) in [6.45, 7) is 8.59. The van der Waals surface area contributed by atoms with Crippen LogP contribution in [-0.4, -0.2) is 5.78 Å². The van der Waals surface area contributed by atoms with Crippen molar-refractivity contribution >= 4 is 5.78 Å². The van der Waals surface area contributed by atoms with Crippen LogP contribution in [-0.2, 0) is 4.79 Å². The minimum atomic E-state index is -0.0340. The van der Waals surface area contributed by atoms with Gasteiger partial charge >= 0.3 is 0 Å². The van der Waals surface area contributed by atoms with Crippen molar-refractivity contribution in [2.75, 3.05) is 0 Å². The van der Waals surface area contributed by atoms with Gasteiger partial charge in [0.2, 0.25) is 0 Å². The molecule has 2 aliphatic rings. The molecular weight excluding hydrogens is 184 g/mol. The Balaban J connectivity index is 2.21. The Bertz CT molecular complexity index is 292. The van der Waals surface area contributed by atoms with Gasteiger partial charge in [0, 0.05) is 11.8 Å². The van der Waals surface area contributed by atoms with Crippen molar-refractivity contribution in [2.24, 2.45) is 10.8 Å². The van der Waals surface area contributed by atoms with Crippen LogP contribution in [0.15, 0.2) is 12.2 Å². The molecule has 0 aromatic heterocycles. The number of hydrogen-bond donors (Lipinski definition) is 0. The highest BCUT2D eigenvalue weighted by Crippen LogP contribution is 2.56. The fraction of sp³-hybridized carbons (Fsp3) is 0.786. The standard InChI is InChI=1S/C14H22O/c1-11-6-9-13(2,10-7-11)14(3)8-4-5-12(14)15/h1,4-10H2,2-3H3. The molecule has 2 saturated carbocycles. The van der Waals surface area contributed by atoms with Crippen LogP contribution in [0.5, 0.6) is 0 Å². The van der Waals surface area contributed by atoms with Crippen LogP contribution in [0.3, 0.4) is 0 Å². The molecule has 2 rings (SSSR count). The zero-order chi connectivity index (χ0) is 11.1. The van der Waals surface area contributed by atoms with Gasteiger partial charge in [-0.15, -0.1) is 0 Å². The van der Waals surface area contributed by atoms with E-state index in [2.05, 4.69) is 20.4 Å². The van der Waals surface area contributed by atoms with E-state index in [0.29, 0.717) is 5.78 Å². The van der Waals surface area contributed by atoms with E-state index in [1.807, 2.05) is 0 Å². The number of ketones is 1. The minimum Gasteiger partial charge on any atom is -0.299 e. The van der Waals surface area contributed by atoms with Gasteiger partial charge < -0.3 is 0 Å². The molecule has 1 heteroatoms. The normalized spacial score (nSPS) is 35.9. The van der Waals surface area contributed by atoms with Crippen molar-refractivity contribution < 1.29 is 4.79 Å². The van der Waals surface area contributed by atoms with Crippen LogP contribution in [0.4, 0.5) is 0 Å². The molecular formula is C14H22O. The second-order valence-electron chi connectivity index (χ2n) is 5.92. The van der Waals surface area contributed by atoms with E-state index in [4.69, 9.17) is 0 Å². The van der Waals surface area contributed by atoms with Gasteiger partial charge in [-0.1, -0.05) is 26.0 Å². The topological polar surface area (TPSA) is 17.1 Å². The first kappa shape index (κ1) is 10.9. The molecule has 0 amide bonds. The Morgan fingerprint density at radius 2 is 1.67 bits per heavy atom. The van der Waals surface area contributed by atoms with Crippen LogP contribution in [0.1, 0.15) is 58.8 Å². The summed E-state index contributed by atoms with van der Waals surface area (Å²) in [5.74, 6) is 0.512. The number of Topliss-reactive ketones (excluding diaryl/α,β-unsaturated/α-hetero) is 1. The van der Waals surface area contributed by atoms with Gasteiger partial charge in [-0.2, -0.15) is 0 Å². The van der Waals surface area contributed by atoms with E-state index >= 15 is 0 Å². The lowest BCUT2D eigenvalue weighted by atomic mass is 9.57. The molecule has 2 fully saturated rings. The zero-order valence-electron chi connectivity index (χ0n) is 10.1. The van der Waals surface area contributed by atoms with Gasteiger partial charge in [-0.05, 0) is 43.9 Å². The van der Waals surface area contributed by atoms with Crippen molar-refractivity contribution in [3.8, 4) is 0 Å². The number of carbonyl (C=O) groups is 1. The summed E-state index contributed by atoms with van der Waals surface area (Å²) in [7, 11) is 0. The number of carbonyl (C=O) groups excluding carboxylic acids is 1. The highest BCUT2D eigenvalue weighted by atomic mass is 16.1. The van der Waals surface area contributed by atoms with E-state index in [-0.39, 0.29) is 10.8 Å². The molecule has 0 aromatic rings. The molecule has 0 saturated heterocycles. The molecule has 1 atom stereocenters. The summed E-state index contributed by atoms with van der Waals surface area (Å²) in [5.41, 5.74) is 1.58. The Kier molecular flexibility index (Phi) is 2.52. The predicted octanol–water partition coefficient (Wildman–Crippen LogP) is 3.88. The minimum absolute atomic E-state index is 0.0340. The van der Waals surface area contributed by atoms with Crippen molar-refractivity contribution in [3.63, 3.8) is 0 Å². The van der Waals surface area contributed by atoms with Crippen LogP contribution in [0.25, 0.3) is 0 Å². The molecule has 0 aromatic carbocycles. The summed E-state index contributed by atoms with van der Waals surface area (Å²) in [6, 6.07) is 0. The fourth-order valence-corrected chi connectivity index (χ4v) is 3.36. The van der Waals surface area contributed by atoms with E-state index in [9.17, 15) is 4.79 Å². The summed E-state index contributed by atoms with van der Waals surface area (Å²) < 4.78 is 0. The van der Waals surface area contributed by atoms with Crippen LogP contribution >= 0.6 is 0 Å². The molecule has 0 bridgehead atoms. The first-order valence-electron chi connectivity index (χ1n) is 6.18. The Hall–Kier alpha value is -0.590. The average molecular weight is 206 g/mol. The number of allylic oxidation sites excluding steroid dienone is 1. The highest BCUT2D eigenvalue weighted by molar-refractivity contribution is 5.87. The number of hydrogen-bond acceptors (Lipinski definition) is 1. The molecule has 0 N–H and O–H groups in total. The van der Waals surface area contributed by atoms with E-state index in [1.54, 1.807) is 0 Å². The van der Waals surface area contributed by atoms with Gasteiger partial charge in [0.1, 0.15) is 5.78 Å². The van der Waals surface area contributed by atoms with Crippen molar-refractivity contribution in [1.29, 1.82) is 0 Å². The first-order valence-corrected chi connectivity index (χ1v) is 6.18. The monoisotopic (exact) mass is 206 g/mol. The lowest BCUT2D eigenvalue weighted by Crippen LogP contribution is -2.42. The van der Waals surface area contributed by atoms with Crippen molar-refractivity contribution in [2.45, 2.75) is 58.8 Å². The lowest BCUT2D eigenvalue weighted by molar-refractivity contribution is -0.132. The lowest BCUT2D eigenvalue weighted by Gasteiger charge is -2.46. The molecule has 2 aliphatic carbocycles. The van der Waals surface area contributed by atoms with Crippen LogP contribution in [0, 0.1) is 10.8 Å². The summed E-state index contributed by atoms with van der Waals surface area (Å²) in [4.78, 5) is 12.1. The Labute approximate surface area is 92.9 Å². The quantitative estimate of drug-likeness (QED) is 0.595. The van der Waals surface area contributed by atoms with Crippen LogP contribution in [0.2, 0.25) is 0 Å². The summed E-state index contributed by atoms with van der Waals surface area (Å²) in [6.07, 6.45) is 7.59.